The van der Waals surface area contributed by atoms with E-state index in [2.05, 4.69) is 14.1 Å². The van der Waals surface area contributed by atoms with Crippen molar-refractivity contribution in [3.63, 3.8) is 0 Å². The molecule has 0 bridgehead atoms. The lowest BCUT2D eigenvalue weighted by molar-refractivity contribution is -0.887. The Kier molecular flexibility index (Phi) is 13.2. The molecule has 4 aromatic rings. The van der Waals surface area contributed by atoms with Crippen LogP contribution in [0.4, 0.5) is 83.4 Å². The van der Waals surface area contributed by atoms with Crippen molar-refractivity contribution < 1.29 is 88.3 Å². The van der Waals surface area contributed by atoms with Gasteiger partial charge in [0, 0.05) is 5.19 Å². The summed E-state index contributed by atoms with van der Waals surface area (Å²) in [5.74, 6) is -65.2. The van der Waals surface area contributed by atoms with Gasteiger partial charge in [0.15, 0.2) is 71.4 Å². The van der Waals surface area contributed by atoms with Crippen LogP contribution >= 0.6 is 11.1 Å². The molecular weight excluding hydrogens is 858 g/mol. The van der Waals surface area contributed by atoms with E-state index in [1.165, 1.54) is 32.1 Å². The van der Waals surface area contributed by atoms with E-state index in [-0.39, 0.29) is 0 Å². The number of hydrogen-bond donors (Lipinski definition) is 1. The van der Waals surface area contributed by atoms with E-state index in [9.17, 15) is 39.5 Å². The highest BCUT2D eigenvalue weighted by Crippen LogP contribution is 2.30. The molecule has 0 aliphatic heterocycles. The molecule has 0 spiro atoms. The van der Waals surface area contributed by atoms with E-state index in [1.54, 1.807) is 4.90 Å². The molecule has 1 saturated carbocycles. The van der Waals surface area contributed by atoms with Crippen LogP contribution in [0.5, 0.6) is 0 Å². The lowest BCUT2D eigenvalue weighted by Crippen LogP contribution is -3.10. The Bertz CT molecular complexity index is 1990. The van der Waals surface area contributed by atoms with Crippen LogP contribution in [-0.2, 0) is 0 Å². The zero-order valence-electron chi connectivity index (χ0n) is 29.2. The zero-order valence-corrected chi connectivity index (χ0v) is 31.0. The molecule has 1 nitrogen and oxygen atoms in total. The molecule has 1 fully saturated rings. The predicted octanol–water partition coefficient (Wildman–Crippen LogP) is 6.82. The number of halogens is 20. The molecule has 0 amide bonds. The van der Waals surface area contributed by atoms with Gasteiger partial charge in [-0.1, -0.05) is 19.5 Å². The molecule has 0 radical (unpaired) electrons. The molecule has 0 saturated heterocycles. The maximum Gasteiger partial charge on any atom is 0.200 e. The van der Waals surface area contributed by atoms with Crippen LogP contribution in [-0.4, -0.2) is 33.7 Å². The summed E-state index contributed by atoms with van der Waals surface area (Å²) in [7, 11) is 0.197. The fourth-order valence-electron chi connectivity index (χ4n) is 7.10. The minimum Gasteiger partial charge on any atom is -0.337 e. The molecule has 1 N–H and O–H groups in total. The molecule has 312 valence electrons. The normalized spacial score (nSPS) is 14.1. The van der Waals surface area contributed by atoms with Crippen molar-refractivity contribution in [2.45, 2.75) is 51.2 Å². The summed E-state index contributed by atoms with van der Waals surface area (Å²) in [5.41, 5.74) is -13.8. The quantitative estimate of drug-likeness (QED) is 0.0714. The monoisotopic (exact) mass is 881 g/mol. The third-order valence-corrected chi connectivity index (χ3v) is 12.0. The molecule has 1 aliphatic rings. The van der Waals surface area contributed by atoms with E-state index in [0.29, 0.717) is 13.1 Å². The summed E-state index contributed by atoms with van der Waals surface area (Å²) in [4.78, 5) is 1.65. The van der Waals surface area contributed by atoms with Crippen LogP contribution in [0, 0.1) is 111 Å². The first-order valence-electron chi connectivity index (χ1n) is 16.3. The maximum atomic E-state index is 16.1. The Labute approximate surface area is 315 Å². The van der Waals surface area contributed by atoms with Crippen molar-refractivity contribution in [3.05, 3.63) is 111 Å². The van der Waals surface area contributed by atoms with E-state index >= 15 is 43.9 Å². The van der Waals surface area contributed by atoms with Gasteiger partial charge >= 0.3 is 0 Å². The number of quaternary nitrogens is 1. The van der Waals surface area contributed by atoms with Gasteiger partial charge in [0.2, 0.25) is 0 Å². The van der Waals surface area contributed by atoms with Crippen molar-refractivity contribution >= 4 is 51.6 Å². The largest absolute Gasteiger partial charge is 0.337 e. The highest BCUT2D eigenvalue weighted by Gasteiger charge is 2.52. The topological polar surface area (TPSA) is 4.44 Å². The fourth-order valence-corrected chi connectivity index (χ4v) is 8.86. The Hall–Kier alpha value is -3.92. The summed E-state index contributed by atoms with van der Waals surface area (Å²) in [6, 6.07) is 0.971. The average Bonchev–Trinajstić information content (AvgIpc) is 3.15. The van der Waals surface area contributed by atoms with Crippen molar-refractivity contribution in [1.82, 2.24) is 0 Å². The summed E-state index contributed by atoms with van der Waals surface area (Å²) < 4.78 is 287. The summed E-state index contributed by atoms with van der Waals surface area (Å²) in [6.45, 7) is 1.40. The fraction of sp³-hybridized carbons (Fsp3) is 0.294. The minimum absolute atomic E-state index is 0.700. The lowest BCUT2D eigenvalue weighted by atomic mass is 9.12. The van der Waals surface area contributed by atoms with Gasteiger partial charge in [-0.15, -0.1) is 21.9 Å². The van der Waals surface area contributed by atoms with Gasteiger partial charge < -0.3 is 4.90 Å². The van der Waals surface area contributed by atoms with Crippen molar-refractivity contribution in [2.75, 3.05) is 14.1 Å². The molecule has 4 aromatic carbocycles. The molecular formula is C34H24BClF19NSi. The van der Waals surface area contributed by atoms with Gasteiger partial charge in [-0.25, -0.2) is 83.4 Å². The molecule has 1 aliphatic carbocycles. The summed E-state index contributed by atoms with van der Waals surface area (Å²) >= 11 is 5.81. The van der Waals surface area contributed by atoms with E-state index in [4.69, 9.17) is 11.1 Å². The molecule has 0 aromatic heterocycles. The van der Waals surface area contributed by atoms with Gasteiger partial charge in [-0.05, 0) is 25.7 Å². The highest BCUT2D eigenvalue weighted by atomic mass is 35.6. The van der Waals surface area contributed by atoms with E-state index in [0.717, 1.165) is 6.04 Å². The van der Waals surface area contributed by atoms with Gasteiger partial charge in [0.1, 0.15) is 52.7 Å². The second kappa shape index (κ2) is 16.4. The third kappa shape index (κ3) is 7.27. The van der Waals surface area contributed by atoms with Crippen molar-refractivity contribution in [3.8, 4) is 0 Å². The van der Waals surface area contributed by atoms with Gasteiger partial charge in [0.25, 0.3) is 0 Å². The summed E-state index contributed by atoms with van der Waals surface area (Å²) in [6.07, 6.45) is 0.215. The van der Waals surface area contributed by atoms with Crippen LogP contribution in [0.15, 0.2) is 0 Å². The van der Waals surface area contributed by atoms with Crippen molar-refractivity contribution in [1.29, 1.82) is 0 Å². The lowest BCUT2D eigenvalue weighted by Gasteiger charge is -2.45. The summed E-state index contributed by atoms with van der Waals surface area (Å²) in [5, 5.41) is -1.86. The van der Waals surface area contributed by atoms with Gasteiger partial charge in [0.05, 0.1) is 20.1 Å². The van der Waals surface area contributed by atoms with Crippen LogP contribution in [0.1, 0.15) is 32.1 Å². The Morgan fingerprint density at radius 2 is 0.596 bits per heavy atom. The molecule has 23 heteroatoms. The SMILES string of the molecule is C[NH+](C)C1CCCCC1.C[Si](C)(Cl)c1c(F)c(F)c([B-](c2c(F)c(F)c(F)c(F)c2F)(c2c(F)c(F)c(F)c(F)c2F)c2c(F)c(F)c(F)c(F)c2F)c(F)c1F. The zero-order chi connectivity index (χ0) is 43.5. The van der Waals surface area contributed by atoms with Crippen LogP contribution in [0.25, 0.3) is 0 Å². The maximum absolute atomic E-state index is 16.1. The molecule has 0 unspecified atom stereocenters. The Balaban J connectivity index is 0.000000702. The predicted molar refractivity (Wildman–Crippen MR) is 172 cm³/mol. The molecule has 5 rings (SSSR count). The Morgan fingerprint density at radius 3 is 0.789 bits per heavy atom. The minimum atomic E-state index is -7.12. The Morgan fingerprint density at radius 1 is 0.386 bits per heavy atom. The average molecular weight is 882 g/mol. The number of benzene rings is 4. The number of nitrogens with one attached hydrogen (secondary N) is 1. The second-order valence-electron chi connectivity index (χ2n) is 13.7. The van der Waals surface area contributed by atoms with Crippen LogP contribution < -0.4 is 31.9 Å². The van der Waals surface area contributed by atoms with E-state index in [1.807, 2.05) is 0 Å². The standard InChI is InChI=1S/C26H6BClF19Si.C8H17N/c1-48(2,28)26-24(46)13(35)6(14(36)25(26)47)27(3-7(29)15(37)21(43)16(38)8(3)30,4-9(31)17(39)22(44)18(40)10(4)32)5-11(33)19(41)23(45)20(42)12(5)34;1-9(2)8-6-4-3-5-7-8/h1-2H3;8H,3-7H2,1-2H3/q-1;/p+1. The highest BCUT2D eigenvalue weighted by molar-refractivity contribution is 7.26. The second-order valence-corrected chi connectivity index (χ2v) is 20.0. The molecule has 0 atom stereocenters. The van der Waals surface area contributed by atoms with Crippen LogP contribution in [0.2, 0.25) is 13.1 Å². The molecule has 0 heterocycles. The third-order valence-electron chi connectivity index (χ3n) is 9.78. The number of rotatable bonds is 6. The van der Waals surface area contributed by atoms with Crippen LogP contribution in [0.3, 0.4) is 0 Å². The number of hydrogen-bond acceptors (Lipinski definition) is 0. The van der Waals surface area contributed by atoms with Crippen molar-refractivity contribution in [2.24, 2.45) is 0 Å². The van der Waals surface area contributed by atoms with E-state index < -0.39 is 151 Å². The molecule has 57 heavy (non-hydrogen) atoms. The first-order chi connectivity index (χ1) is 26.2. The van der Waals surface area contributed by atoms with Gasteiger partial charge in [-0.2, -0.15) is 11.1 Å². The first kappa shape index (κ1) is 45.8. The first-order valence-corrected chi connectivity index (χ1v) is 20.3. The van der Waals surface area contributed by atoms with Gasteiger partial charge in [-0.3, -0.25) is 0 Å². The smallest absolute Gasteiger partial charge is 0.200 e.